The van der Waals surface area contributed by atoms with Gasteiger partial charge < -0.3 is 36.4 Å². The van der Waals surface area contributed by atoms with Gasteiger partial charge in [-0.2, -0.15) is 0 Å². The average molecular weight is 692 g/mol. The van der Waals surface area contributed by atoms with E-state index in [0.29, 0.717) is 11.8 Å². The molecule has 0 amide bonds. The molecule has 0 saturated carbocycles. The largest absolute Gasteiger partial charge is 1.00 e. The first-order valence-electron chi connectivity index (χ1n) is 18.3. The molecule has 8 heteroatoms. The van der Waals surface area contributed by atoms with Crippen LogP contribution in [0.2, 0.25) is 0 Å². The minimum Gasteiger partial charge on any atom is -1.00 e. The molecule has 0 aliphatic rings. The number of quaternary nitrogens is 2. The molecule has 0 aliphatic carbocycles. The maximum atomic E-state index is 10.7. The van der Waals surface area contributed by atoms with Crippen LogP contribution in [0.4, 0.5) is 0 Å². The highest BCUT2D eigenvalue weighted by molar-refractivity contribution is 5.71. The van der Waals surface area contributed by atoms with E-state index < -0.39 is 11.9 Å². The summed E-state index contributed by atoms with van der Waals surface area (Å²) in [7, 11) is 0. The molecule has 276 valence electrons. The molecule has 0 bridgehead atoms. The van der Waals surface area contributed by atoms with Crippen molar-refractivity contribution < 1.29 is 41.2 Å². The standard InChI is InChI=1S/C17H30N.C15H21NO4.C8H20N.ClH/c1-6-15(5)17-12-10-16(11-13-17)14-18(7-2,8-3)9-4;1-3-11(2)13-6-4-12(5-7-13)8-16(9-14(17)18)10-15(19)20;1-5-9(6-2,7-3)8-4;/h10-13,15H,6-9,14H2,1-5H3;4-7,11H,3,8-10H2,1-2H3,(H,17,18)(H,19,20);5-8H2,1-4H3;1H/q+1;;+1;/p-2. The normalized spacial score (nSPS) is 12.5. The van der Waals surface area contributed by atoms with E-state index in [9.17, 15) is 14.7 Å². The van der Waals surface area contributed by atoms with Crippen LogP contribution < -0.4 is 17.5 Å². The van der Waals surface area contributed by atoms with Gasteiger partial charge in [-0.05, 0) is 89.8 Å². The van der Waals surface area contributed by atoms with Gasteiger partial charge in [0, 0.05) is 18.7 Å². The third-order valence-electron chi connectivity index (χ3n) is 10.7. The first-order chi connectivity index (χ1) is 22.3. The predicted octanol–water partition coefficient (Wildman–Crippen LogP) is 4.30. The van der Waals surface area contributed by atoms with Gasteiger partial charge in [-0.1, -0.05) is 76.2 Å². The van der Waals surface area contributed by atoms with Gasteiger partial charge in [-0.25, -0.2) is 0 Å². The van der Waals surface area contributed by atoms with Crippen molar-refractivity contribution in [2.24, 2.45) is 0 Å². The van der Waals surface area contributed by atoms with E-state index >= 15 is 0 Å². The van der Waals surface area contributed by atoms with Gasteiger partial charge in [-0.3, -0.25) is 9.69 Å². The summed E-state index contributed by atoms with van der Waals surface area (Å²) in [5, 5.41) is 19.4. The molecule has 0 fully saturated rings. The number of carbonyl (C=O) groups is 2. The number of rotatable bonds is 19. The van der Waals surface area contributed by atoms with Crippen LogP contribution >= 0.6 is 0 Å². The van der Waals surface area contributed by atoms with Gasteiger partial charge >= 0.3 is 5.97 Å². The van der Waals surface area contributed by atoms with Crippen molar-refractivity contribution in [2.75, 3.05) is 58.9 Å². The Kier molecular flexibility index (Phi) is 25.3. The maximum Gasteiger partial charge on any atom is 0.317 e. The summed E-state index contributed by atoms with van der Waals surface area (Å²) in [5.74, 6) is -1.17. The number of hydrogen-bond donors (Lipinski definition) is 1. The van der Waals surface area contributed by atoms with Crippen molar-refractivity contribution in [3.8, 4) is 0 Å². The maximum absolute atomic E-state index is 10.7. The van der Waals surface area contributed by atoms with Crippen molar-refractivity contribution >= 4 is 11.9 Å². The number of carboxylic acids is 2. The quantitative estimate of drug-likeness (QED) is 0.222. The fourth-order valence-corrected chi connectivity index (χ4v) is 5.91. The molecule has 1 N–H and O–H groups in total. The van der Waals surface area contributed by atoms with Crippen LogP contribution in [0.3, 0.4) is 0 Å². The molecular weight excluding hydrogens is 622 g/mol. The molecule has 2 rings (SSSR count). The highest BCUT2D eigenvalue weighted by Crippen LogP contribution is 2.21. The SMILES string of the molecule is CCC(C)c1ccc(CN(CC(=O)[O-])CC(=O)O)cc1.CCC(C)c1ccc(C[N+](CC)(CC)CC)cc1.CC[N+](CC)(CC)CC.[Cl-]. The van der Waals surface area contributed by atoms with Crippen LogP contribution in [0.1, 0.15) is 123 Å². The first-order valence-corrected chi connectivity index (χ1v) is 18.3. The highest BCUT2D eigenvalue weighted by atomic mass is 35.5. The lowest BCUT2D eigenvalue weighted by Crippen LogP contribution is -3.00. The Morgan fingerprint density at radius 1 is 0.625 bits per heavy atom. The van der Waals surface area contributed by atoms with Crippen molar-refractivity contribution in [3.63, 3.8) is 0 Å². The molecule has 2 aromatic rings. The molecule has 2 aromatic carbocycles. The molecule has 0 aliphatic heterocycles. The van der Waals surface area contributed by atoms with E-state index in [1.807, 2.05) is 24.3 Å². The molecule has 2 unspecified atom stereocenters. The summed E-state index contributed by atoms with van der Waals surface area (Å²) < 4.78 is 2.47. The Balaban J connectivity index is 0. The van der Waals surface area contributed by atoms with Crippen molar-refractivity contribution in [2.45, 2.75) is 114 Å². The number of aliphatic carboxylic acids is 2. The fourth-order valence-electron chi connectivity index (χ4n) is 5.91. The van der Waals surface area contributed by atoms with Gasteiger partial charge in [0.15, 0.2) is 0 Å². The van der Waals surface area contributed by atoms with Gasteiger partial charge in [0.1, 0.15) is 6.54 Å². The topological polar surface area (TPSA) is 80.7 Å². The second-order valence-corrected chi connectivity index (χ2v) is 13.1. The zero-order valence-electron chi connectivity index (χ0n) is 32.4. The smallest absolute Gasteiger partial charge is 0.317 e. The number of halogens is 1. The van der Waals surface area contributed by atoms with E-state index in [1.54, 1.807) is 0 Å². The zero-order valence-corrected chi connectivity index (χ0v) is 33.1. The second kappa shape index (κ2) is 25.5. The molecule has 0 spiro atoms. The summed E-state index contributed by atoms with van der Waals surface area (Å²) >= 11 is 0. The van der Waals surface area contributed by atoms with E-state index in [0.717, 1.165) is 12.0 Å². The molecule has 0 aromatic heterocycles. The van der Waals surface area contributed by atoms with Crippen molar-refractivity contribution in [1.29, 1.82) is 0 Å². The molecular formula is C40H70ClN3O4. The van der Waals surface area contributed by atoms with E-state index in [-0.39, 0.29) is 32.0 Å². The summed E-state index contributed by atoms with van der Waals surface area (Å²) in [6, 6.07) is 17.1. The lowest BCUT2D eigenvalue weighted by molar-refractivity contribution is -0.936. The van der Waals surface area contributed by atoms with E-state index in [2.05, 4.69) is 100 Å². The Hall–Kier alpha value is -2.45. The van der Waals surface area contributed by atoms with E-state index in [4.69, 9.17) is 5.11 Å². The lowest BCUT2D eigenvalue weighted by atomic mass is 9.97. The Bertz CT molecular complexity index is 1070. The molecule has 48 heavy (non-hydrogen) atoms. The summed E-state index contributed by atoms with van der Waals surface area (Å²) in [6.07, 6.45) is 2.27. The number of hydrogen-bond acceptors (Lipinski definition) is 4. The zero-order chi connectivity index (χ0) is 36.0. The van der Waals surface area contributed by atoms with Gasteiger partial charge in [-0.15, -0.1) is 0 Å². The summed E-state index contributed by atoms with van der Waals surface area (Å²) in [4.78, 5) is 22.7. The Morgan fingerprint density at radius 3 is 1.25 bits per heavy atom. The minimum absolute atomic E-state index is 0. The van der Waals surface area contributed by atoms with Crippen molar-refractivity contribution in [1.82, 2.24) is 4.90 Å². The van der Waals surface area contributed by atoms with Gasteiger partial charge in [0.05, 0.1) is 58.3 Å². The summed E-state index contributed by atoms with van der Waals surface area (Å²) in [5.41, 5.74) is 5.07. The van der Waals surface area contributed by atoms with Crippen LogP contribution in [-0.4, -0.2) is 89.8 Å². The van der Waals surface area contributed by atoms with Gasteiger partial charge in [0.25, 0.3) is 0 Å². The number of benzene rings is 2. The van der Waals surface area contributed by atoms with E-state index in [1.165, 1.54) is 89.3 Å². The van der Waals surface area contributed by atoms with Crippen molar-refractivity contribution in [3.05, 3.63) is 70.8 Å². The number of nitrogens with zero attached hydrogens (tertiary/aromatic N) is 3. The highest BCUT2D eigenvalue weighted by Gasteiger charge is 2.21. The van der Waals surface area contributed by atoms with Gasteiger partial charge in [0.2, 0.25) is 0 Å². The van der Waals surface area contributed by atoms with Crippen LogP contribution in [0.25, 0.3) is 0 Å². The lowest BCUT2D eigenvalue weighted by Gasteiger charge is -2.36. The monoisotopic (exact) mass is 692 g/mol. The average Bonchev–Trinajstić information content (AvgIpc) is 3.08. The number of carbonyl (C=O) groups excluding carboxylic acids is 1. The van der Waals surface area contributed by atoms with Crippen LogP contribution in [-0.2, 0) is 22.7 Å². The molecule has 2 atom stereocenters. The second-order valence-electron chi connectivity index (χ2n) is 13.1. The Morgan fingerprint density at radius 2 is 0.979 bits per heavy atom. The van der Waals surface area contributed by atoms with Crippen LogP contribution in [0.5, 0.6) is 0 Å². The molecule has 0 radical (unpaired) electrons. The predicted molar refractivity (Wildman–Crippen MR) is 196 cm³/mol. The third-order valence-corrected chi connectivity index (χ3v) is 10.7. The number of carboxylic acid groups (broad SMARTS) is 2. The Labute approximate surface area is 300 Å². The first kappa shape index (κ1) is 47.7. The fraction of sp³-hybridized carbons (Fsp3) is 0.650. The molecule has 0 saturated heterocycles. The molecule has 7 nitrogen and oxygen atoms in total. The third kappa shape index (κ3) is 17.3. The molecule has 0 heterocycles. The van der Waals surface area contributed by atoms with Crippen LogP contribution in [0, 0.1) is 0 Å². The minimum atomic E-state index is -1.28. The van der Waals surface area contributed by atoms with Crippen LogP contribution in [0.15, 0.2) is 48.5 Å². The summed E-state index contributed by atoms with van der Waals surface area (Å²) in [6.45, 7) is 34.4.